The van der Waals surface area contributed by atoms with E-state index in [4.69, 9.17) is 15.3 Å². The molecule has 1 amide bonds. The largest absolute Gasteiger partial charge is 0.382 e. The zero-order valence-corrected chi connectivity index (χ0v) is 9.08. The van der Waals surface area contributed by atoms with Gasteiger partial charge in [-0.1, -0.05) is 13.3 Å². The first-order chi connectivity index (χ1) is 6.65. The van der Waals surface area contributed by atoms with E-state index >= 15 is 0 Å². The summed E-state index contributed by atoms with van der Waals surface area (Å²) in [6.45, 7) is 4.31. The predicted molar refractivity (Wildman–Crippen MR) is 53.4 cm³/mol. The summed E-state index contributed by atoms with van der Waals surface area (Å²) in [6.07, 6.45) is 0.957. The summed E-state index contributed by atoms with van der Waals surface area (Å²) in [6, 6.07) is 0. The van der Waals surface area contributed by atoms with Crippen molar-refractivity contribution in [3.63, 3.8) is 0 Å². The molecule has 0 aliphatic heterocycles. The van der Waals surface area contributed by atoms with Crippen LogP contribution in [0.2, 0.25) is 0 Å². The molecule has 0 aromatic heterocycles. The van der Waals surface area contributed by atoms with E-state index in [0.717, 1.165) is 6.42 Å². The summed E-state index contributed by atoms with van der Waals surface area (Å²) in [7, 11) is 1.59. The number of hydrazine groups is 1. The molecule has 0 heterocycles. The number of hydrogen-bond donors (Lipinski definition) is 2. The Morgan fingerprint density at radius 1 is 1.57 bits per heavy atom. The number of amides is 1. The van der Waals surface area contributed by atoms with E-state index < -0.39 is 6.10 Å². The third kappa shape index (κ3) is 5.16. The zero-order valence-electron chi connectivity index (χ0n) is 9.08. The summed E-state index contributed by atoms with van der Waals surface area (Å²) in [5.74, 6) is 4.76. The second-order valence-electron chi connectivity index (χ2n) is 3.19. The van der Waals surface area contributed by atoms with Gasteiger partial charge in [-0.15, -0.1) is 0 Å². The normalized spacial score (nSPS) is 14.9. The van der Waals surface area contributed by atoms with E-state index in [0.29, 0.717) is 13.0 Å². The number of rotatable bonds is 7. The van der Waals surface area contributed by atoms with Gasteiger partial charge in [0.1, 0.15) is 6.10 Å². The summed E-state index contributed by atoms with van der Waals surface area (Å²) in [5.41, 5.74) is 2.09. The van der Waals surface area contributed by atoms with Gasteiger partial charge in [-0.3, -0.25) is 10.2 Å². The van der Waals surface area contributed by atoms with Crippen LogP contribution in [0.4, 0.5) is 0 Å². The number of carbonyl (C=O) groups excluding carboxylic acids is 1. The summed E-state index contributed by atoms with van der Waals surface area (Å²) in [5, 5.41) is 0. The van der Waals surface area contributed by atoms with Crippen molar-refractivity contribution in [2.45, 2.75) is 38.9 Å². The Labute approximate surface area is 84.9 Å². The van der Waals surface area contributed by atoms with Crippen LogP contribution in [0.15, 0.2) is 0 Å². The molecule has 0 aromatic rings. The van der Waals surface area contributed by atoms with Crippen LogP contribution in [-0.4, -0.2) is 31.8 Å². The van der Waals surface area contributed by atoms with Gasteiger partial charge in [0.15, 0.2) is 0 Å². The molecular weight excluding hydrogens is 184 g/mol. The fraction of sp³-hybridized carbons (Fsp3) is 0.889. The Kier molecular flexibility index (Phi) is 7.37. The van der Waals surface area contributed by atoms with E-state index in [1.807, 2.05) is 13.8 Å². The summed E-state index contributed by atoms with van der Waals surface area (Å²) >= 11 is 0. The van der Waals surface area contributed by atoms with Crippen molar-refractivity contribution in [2.75, 3.05) is 13.7 Å². The molecule has 0 fully saturated rings. The Morgan fingerprint density at radius 3 is 2.64 bits per heavy atom. The first-order valence-electron chi connectivity index (χ1n) is 4.80. The molecule has 0 aliphatic carbocycles. The number of hydrogen-bond acceptors (Lipinski definition) is 4. The molecule has 84 valence electrons. The maximum atomic E-state index is 11.2. The lowest BCUT2D eigenvalue weighted by molar-refractivity contribution is -0.138. The number of methoxy groups -OCH3 is 1. The third-order valence-electron chi connectivity index (χ3n) is 1.78. The van der Waals surface area contributed by atoms with Crippen LogP contribution in [0, 0.1) is 0 Å². The van der Waals surface area contributed by atoms with Crippen LogP contribution in [0.5, 0.6) is 0 Å². The third-order valence-corrected chi connectivity index (χ3v) is 1.78. The van der Waals surface area contributed by atoms with Crippen LogP contribution in [0.3, 0.4) is 0 Å². The van der Waals surface area contributed by atoms with Gasteiger partial charge in [0, 0.05) is 7.11 Å². The number of nitrogens with two attached hydrogens (primary N) is 1. The maximum Gasteiger partial charge on any atom is 0.263 e. The zero-order chi connectivity index (χ0) is 11.0. The monoisotopic (exact) mass is 204 g/mol. The van der Waals surface area contributed by atoms with Crippen molar-refractivity contribution >= 4 is 5.91 Å². The smallest absolute Gasteiger partial charge is 0.263 e. The molecule has 2 unspecified atom stereocenters. The van der Waals surface area contributed by atoms with E-state index in [2.05, 4.69) is 5.43 Å². The maximum absolute atomic E-state index is 11.2. The number of carbonyl (C=O) groups is 1. The van der Waals surface area contributed by atoms with Crippen molar-refractivity contribution in [1.82, 2.24) is 5.43 Å². The van der Waals surface area contributed by atoms with E-state index in [1.54, 1.807) is 7.11 Å². The molecule has 0 spiro atoms. The molecule has 0 rings (SSSR count). The number of nitrogens with one attached hydrogen (secondary N) is 1. The average Bonchev–Trinajstić information content (AvgIpc) is 2.16. The molecule has 0 aliphatic rings. The predicted octanol–water partition coefficient (Wildman–Crippen LogP) is 0.197. The fourth-order valence-electron chi connectivity index (χ4n) is 1.17. The van der Waals surface area contributed by atoms with Gasteiger partial charge in [0.2, 0.25) is 0 Å². The lowest BCUT2D eigenvalue weighted by Crippen LogP contribution is -2.42. The molecule has 0 bridgehead atoms. The van der Waals surface area contributed by atoms with Crippen molar-refractivity contribution in [3.8, 4) is 0 Å². The molecule has 14 heavy (non-hydrogen) atoms. The van der Waals surface area contributed by atoms with Crippen LogP contribution in [0.25, 0.3) is 0 Å². The topological polar surface area (TPSA) is 73.6 Å². The highest BCUT2D eigenvalue weighted by molar-refractivity contribution is 5.80. The molecule has 2 atom stereocenters. The molecule has 0 saturated heterocycles. The van der Waals surface area contributed by atoms with Gasteiger partial charge in [0.05, 0.1) is 12.7 Å². The fourth-order valence-corrected chi connectivity index (χ4v) is 1.17. The highest BCUT2D eigenvalue weighted by Gasteiger charge is 2.19. The van der Waals surface area contributed by atoms with Crippen LogP contribution in [-0.2, 0) is 14.3 Å². The van der Waals surface area contributed by atoms with Crippen LogP contribution < -0.4 is 11.3 Å². The Balaban J connectivity index is 4.01. The van der Waals surface area contributed by atoms with Gasteiger partial charge in [-0.25, -0.2) is 5.84 Å². The van der Waals surface area contributed by atoms with Crippen LogP contribution >= 0.6 is 0 Å². The molecule has 5 heteroatoms. The molecule has 5 nitrogen and oxygen atoms in total. The van der Waals surface area contributed by atoms with Gasteiger partial charge < -0.3 is 9.47 Å². The summed E-state index contributed by atoms with van der Waals surface area (Å²) < 4.78 is 10.4. The first-order valence-corrected chi connectivity index (χ1v) is 4.80. The van der Waals surface area contributed by atoms with E-state index in [1.165, 1.54) is 0 Å². The molecule has 0 radical (unpaired) electrons. The highest BCUT2D eigenvalue weighted by Crippen LogP contribution is 2.06. The SMILES string of the molecule is CCCC(OC(C)COC)C(=O)NN. The van der Waals surface area contributed by atoms with Crippen molar-refractivity contribution in [1.29, 1.82) is 0 Å². The summed E-state index contributed by atoms with van der Waals surface area (Å²) in [4.78, 5) is 11.2. The van der Waals surface area contributed by atoms with E-state index in [9.17, 15) is 4.79 Å². The van der Waals surface area contributed by atoms with Gasteiger partial charge >= 0.3 is 0 Å². The minimum Gasteiger partial charge on any atom is -0.382 e. The van der Waals surface area contributed by atoms with Crippen molar-refractivity contribution in [3.05, 3.63) is 0 Å². The van der Waals surface area contributed by atoms with Gasteiger partial charge in [0.25, 0.3) is 5.91 Å². The van der Waals surface area contributed by atoms with Crippen LogP contribution in [0.1, 0.15) is 26.7 Å². The van der Waals surface area contributed by atoms with Crippen molar-refractivity contribution in [2.24, 2.45) is 5.84 Å². The number of ether oxygens (including phenoxy) is 2. The lowest BCUT2D eigenvalue weighted by atomic mass is 10.2. The Hall–Kier alpha value is -0.650. The van der Waals surface area contributed by atoms with E-state index in [-0.39, 0.29) is 12.0 Å². The quantitative estimate of drug-likeness (QED) is 0.353. The molecule has 0 aromatic carbocycles. The van der Waals surface area contributed by atoms with Gasteiger partial charge in [-0.05, 0) is 13.3 Å². The Morgan fingerprint density at radius 2 is 2.21 bits per heavy atom. The Bertz CT molecular complexity index is 164. The standard InChI is InChI=1S/C9H20N2O3/c1-4-5-8(9(12)11-10)14-7(2)6-13-3/h7-8H,4-6,10H2,1-3H3,(H,11,12). The highest BCUT2D eigenvalue weighted by atomic mass is 16.5. The molecule has 3 N–H and O–H groups in total. The first kappa shape index (κ1) is 13.4. The lowest BCUT2D eigenvalue weighted by Gasteiger charge is -2.20. The average molecular weight is 204 g/mol. The molecular formula is C9H20N2O3. The minimum atomic E-state index is -0.477. The van der Waals surface area contributed by atoms with Gasteiger partial charge in [-0.2, -0.15) is 0 Å². The second-order valence-corrected chi connectivity index (χ2v) is 3.19. The minimum absolute atomic E-state index is 0.103. The second kappa shape index (κ2) is 7.73. The molecule has 0 saturated carbocycles. The van der Waals surface area contributed by atoms with Crippen molar-refractivity contribution < 1.29 is 14.3 Å².